The lowest BCUT2D eigenvalue weighted by Crippen LogP contribution is -2.53. The molecule has 1 fully saturated rings. The van der Waals surface area contributed by atoms with Crippen LogP contribution in [0.25, 0.3) is 0 Å². The van der Waals surface area contributed by atoms with Gasteiger partial charge in [-0.25, -0.2) is 4.98 Å². The van der Waals surface area contributed by atoms with Gasteiger partial charge in [-0.05, 0) is 43.2 Å². The predicted octanol–water partition coefficient (Wildman–Crippen LogP) is 3.39. The van der Waals surface area contributed by atoms with Gasteiger partial charge < -0.3 is 20.8 Å². The number of piperazine rings is 1. The van der Waals surface area contributed by atoms with Crippen LogP contribution in [0.1, 0.15) is 44.5 Å². The summed E-state index contributed by atoms with van der Waals surface area (Å²) in [6.45, 7) is 3.89. The molecule has 0 radical (unpaired) electrons. The zero-order valence-electron chi connectivity index (χ0n) is 20.2. The molecule has 37 heavy (non-hydrogen) atoms. The number of H-pyrrole nitrogens is 1. The number of nitrogens with zero attached hydrogens (tertiary/aromatic N) is 3. The number of halogens is 3. The molecule has 1 aliphatic heterocycles. The molecule has 0 saturated carbocycles. The van der Waals surface area contributed by atoms with Crippen molar-refractivity contribution in [3.63, 3.8) is 0 Å². The molecule has 0 spiro atoms. The first kappa shape index (κ1) is 26.2. The number of aryl methyl sites for hydroxylation is 1. The largest absolute Gasteiger partial charge is 0.573 e. The summed E-state index contributed by atoms with van der Waals surface area (Å²) >= 11 is 0. The van der Waals surface area contributed by atoms with E-state index in [1.165, 1.54) is 12.1 Å². The molecule has 4 rings (SSSR count). The fourth-order valence-corrected chi connectivity index (χ4v) is 4.69. The summed E-state index contributed by atoms with van der Waals surface area (Å²) < 4.78 is 43.8. The van der Waals surface area contributed by atoms with Crippen molar-refractivity contribution < 1.29 is 22.7 Å². The molecule has 0 aliphatic carbocycles. The molecule has 1 amide bonds. The van der Waals surface area contributed by atoms with Gasteiger partial charge in [0.15, 0.2) is 0 Å². The van der Waals surface area contributed by atoms with Crippen LogP contribution in [0.2, 0.25) is 0 Å². The van der Waals surface area contributed by atoms with E-state index in [-0.39, 0.29) is 24.1 Å². The summed E-state index contributed by atoms with van der Waals surface area (Å²) in [7, 11) is 0. The highest BCUT2D eigenvalue weighted by molar-refractivity contribution is 5.93. The lowest BCUT2D eigenvalue weighted by atomic mass is 9.87. The number of primary amides is 1. The van der Waals surface area contributed by atoms with Crippen molar-refractivity contribution in [3.8, 4) is 11.8 Å². The van der Waals surface area contributed by atoms with E-state index in [0.717, 1.165) is 23.1 Å². The Hall–Kier alpha value is -3.88. The molecule has 2 atom stereocenters. The van der Waals surface area contributed by atoms with Gasteiger partial charge in [0, 0.05) is 61.2 Å². The average Bonchev–Trinajstić information content (AvgIpc) is 3.29. The number of nitrogens with two attached hydrogens (primary N) is 1. The van der Waals surface area contributed by atoms with E-state index in [1.54, 1.807) is 18.3 Å². The predicted molar refractivity (Wildman–Crippen MR) is 130 cm³/mol. The number of rotatable bonds is 8. The van der Waals surface area contributed by atoms with E-state index in [9.17, 15) is 18.0 Å². The van der Waals surface area contributed by atoms with Crippen LogP contribution in [0.15, 0.2) is 48.7 Å². The topological polar surface area (TPSA) is 120 Å². The molecular weight excluding hydrogens is 485 g/mol. The number of hydrogen-bond donors (Lipinski definition) is 3. The minimum atomic E-state index is -4.92. The SMILES string of the molecule is Cc1ncc(C(Cc2ccc(C#N)cc2)C2CNCCN2Cc2ccc(C(N)=O)cc2OC(F)(F)F)[nH]1. The van der Waals surface area contributed by atoms with Gasteiger partial charge in [0.05, 0.1) is 11.6 Å². The van der Waals surface area contributed by atoms with Gasteiger partial charge in [-0.15, -0.1) is 13.2 Å². The molecule has 0 bridgehead atoms. The Morgan fingerprint density at radius 2 is 2.05 bits per heavy atom. The van der Waals surface area contributed by atoms with Gasteiger partial charge in [0.1, 0.15) is 11.6 Å². The van der Waals surface area contributed by atoms with Gasteiger partial charge in [0.25, 0.3) is 0 Å². The van der Waals surface area contributed by atoms with Crippen LogP contribution < -0.4 is 15.8 Å². The second-order valence-corrected chi connectivity index (χ2v) is 9.02. The summed E-state index contributed by atoms with van der Waals surface area (Å²) in [5.74, 6) is -0.588. The molecular formula is C26H27F3N6O2. The third-order valence-corrected chi connectivity index (χ3v) is 6.47. The number of nitrogens with one attached hydrogen (secondary N) is 2. The molecule has 8 nitrogen and oxygen atoms in total. The van der Waals surface area contributed by atoms with E-state index in [0.29, 0.717) is 37.2 Å². The summed E-state index contributed by atoms with van der Waals surface area (Å²) in [5, 5.41) is 12.5. The highest BCUT2D eigenvalue weighted by Crippen LogP contribution is 2.33. The number of aromatic amines is 1. The number of carbonyl (C=O) groups is 1. The second kappa shape index (κ2) is 11.0. The Kier molecular flexibility index (Phi) is 7.80. The maximum Gasteiger partial charge on any atom is 0.573 e. The van der Waals surface area contributed by atoms with Crippen LogP contribution in [0.5, 0.6) is 5.75 Å². The van der Waals surface area contributed by atoms with E-state index in [1.807, 2.05) is 19.1 Å². The van der Waals surface area contributed by atoms with Crippen molar-refractivity contribution in [1.82, 2.24) is 20.2 Å². The number of hydrogen-bond acceptors (Lipinski definition) is 6. The third kappa shape index (κ3) is 6.67. The van der Waals surface area contributed by atoms with Crippen LogP contribution >= 0.6 is 0 Å². The first-order valence-corrected chi connectivity index (χ1v) is 11.8. The number of ether oxygens (including phenoxy) is 1. The van der Waals surface area contributed by atoms with E-state index in [2.05, 4.69) is 31.0 Å². The second-order valence-electron chi connectivity index (χ2n) is 9.02. The molecule has 2 aromatic carbocycles. The van der Waals surface area contributed by atoms with Gasteiger partial charge in [0.2, 0.25) is 5.91 Å². The van der Waals surface area contributed by atoms with Crippen LogP contribution in [-0.2, 0) is 13.0 Å². The van der Waals surface area contributed by atoms with Crippen molar-refractivity contribution in [2.45, 2.75) is 38.2 Å². The highest BCUT2D eigenvalue weighted by atomic mass is 19.4. The molecule has 1 aliphatic rings. The Labute approximate surface area is 212 Å². The van der Waals surface area contributed by atoms with Crippen LogP contribution in [0, 0.1) is 18.3 Å². The quantitative estimate of drug-likeness (QED) is 0.426. The normalized spacial score (nSPS) is 17.2. The van der Waals surface area contributed by atoms with Gasteiger partial charge >= 0.3 is 6.36 Å². The van der Waals surface area contributed by atoms with E-state index in [4.69, 9.17) is 11.0 Å². The maximum atomic E-state index is 13.2. The van der Waals surface area contributed by atoms with Crippen molar-refractivity contribution in [2.24, 2.45) is 5.73 Å². The lowest BCUT2D eigenvalue weighted by Gasteiger charge is -2.41. The summed E-state index contributed by atoms with van der Waals surface area (Å²) in [5.41, 5.74) is 8.01. The number of amides is 1. The average molecular weight is 513 g/mol. The summed E-state index contributed by atoms with van der Waals surface area (Å²) in [6, 6.07) is 13.3. The summed E-state index contributed by atoms with van der Waals surface area (Å²) in [4.78, 5) is 21.4. The van der Waals surface area contributed by atoms with Crippen LogP contribution in [-0.4, -0.2) is 52.8 Å². The number of alkyl halides is 3. The zero-order chi connectivity index (χ0) is 26.6. The molecule has 1 saturated heterocycles. The minimum absolute atomic E-state index is 0.0634. The molecule has 194 valence electrons. The molecule has 2 unspecified atom stereocenters. The Bertz CT molecular complexity index is 1280. The van der Waals surface area contributed by atoms with E-state index >= 15 is 0 Å². The first-order valence-electron chi connectivity index (χ1n) is 11.8. The maximum absolute atomic E-state index is 13.2. The van der Waals surface area contributed by atoms with Gasteiger partial charge in [-0.2, -0.15) is 5.26 Å². The minimum Gasteiger partial charge on any atom is -0.405 e. The molecule has 4 N–H and O–H groups in total. The van der Waals surface area contributed by atoms with Crippen molar-refractivity contribution in [2.75, 3.05) is 19.6 Å². The monoisotopic (exact) mass is 512 g/mol. The Balaban J connectivity index is 1.66. The highest BCUT2D eigenvalue weighted by Gasteiger charge is 2.35. The smallest absolute Gasteiger partial charge is 0.405 e. The summed E-state index contributed by atoms with van der Waals surface area (Å²) in [6.07, 6.45) is -2.50. The molecule has 1 aromatic heterocycles. The fourth-order valence-electron chi connectivity index (χ4n) is 4.69. The zero-order valence-corrected chi connectivity index (χ0v) is 20.2. The number of carbonyl (C=O) groups excluding carboxylic acids is 1. The van der Waals surface area contributed by atoms with Crippen LogP contribution in [0.4, 0.5) is 13.2 Å². The number of aromatic nitrogens is 2. The molecule has 3 aromatic rings. The fraction of sp³-hybridized carbons (Fsp3) is 0.346. The number of benzene rings is 2. The molecule has 11 heteroatoms. The first-order chi connectivity index (χ1) is 17.6. The van der Waals surface area contributed by atoms with Gasteiger partial charge in [-0.1, -0.05) is 18.2 Å². The van der Waals surface area contributed by atoms with Crippen molar-refractivity contribution in [1.29, 1.82) is 5.26 Å². The third-order valence-electron chi connectivity index (χ3n) is 6.47. The lowest BCUT2D eigenvalue weighted by molar-refractivity contribution is -0.275. The van der Waals surface area contributed by atoms with E-state index < -0.39 is 18.0 Å². The Morgan fingerprint density at radius 3 is 2.68 bits per heavy atom. The van der Waals surface area contributed by atoms with Crippen LogP contribution in [0.3, 0.4) is 0 Å². The Morgan fingerprint density at radius 1 is 1.30 bits per heavy atom. The molecule has 2 heterocycles. The number of imidazole rings is 1. The van der Waals surface area contributed by atoms with Crippen molar-refractivity contribution in [3.05, 3.63) is 82.4 Å². The van der Waals surface area contributed by atoms with Gasteiger partial charge in [-0.3, -0.25) is 9.69 Å². The van der Waals surface area contributed by atoms with Crippen molar-refractivity contribution >= 4 is 5.91 Å². The number of nitriles is 1. The standard InChI is InChI=1S/C26H27F3N6O2/c1-16-33-13-22(34-16)21(10-17-2-4-18(12-30)5-3-17)23-14-32-8-9-35(23)15-20-7-6-19(25(31)36)11-24(20)37-26(27,28)29/h2-7,11,13,21,23,32H,8-10,14-15H2,1H3,(H2,31,36)(H,33,34).